The van der Waals surface area contributed by atoms with E-state index in [1.165, 1.54) is 0 Å². The second kappa shape index (κ2) is 7.32. The van der Waals surface area contributed by atoms with E-state index in [1.54, 1.807) is 54.8 Å². The van der Waals surface area contributed by atoms with Gasteiger partial charge in [0.2, 0.25) is 0 Å². The molecule has 0 saturated heterocycles. The average molecular weight is 410 g/mol. The Kier molecular flexibility index (Phi) is 4.49. The van der Waals surface area contributed by atoms with E-state index in [0.717, 1.165) is 32.0 Å². The molecule has 4 heteroatoms. The van der Waals surface area contributed by atoms with Gasteiger partial charge in [-0.25, -0.2) is 0 Å². The van der Waals surface area contributed by atoms with E-state index in [-0.39, 0.29) is 11.5 Å². The first-order chi connectivity index (χ1) is 14.6. The van der Waals surface area contributed by atoms with Gasteiger partial charge >= 0.3 is 0 Å². The van der Waals surface area contributed by atoms with Crippen LogP contribution in [0.4, 0.5) is 0 Å². The van der Waals surface area contributed by atoms with E-state index < -0.39 is 0 Å². The van der Waals surface area contributed by atoms with Gasteiger partial charge in [0.25, 0.3) is 0 Å². The molecule has 1 N–H and O–H groups in total. The molecule has 5 aromatic rings. The van der Waals surface area contributed by atoms with E-state index in [2.05, 4.69) is 17.5 Å². The van der Waals surface area contributed by atoms with Gasteiger partial charge in [0.05, 0.1) is 7.11 Å². The van der Waals surface area contributed by atoms with Crippen LogP contribution in [0.2, 0.25) is 0 Å². The van der Waals surface area contributed by atoms with Gasteiger partial charge in [-0.1, -0.05) is 24.3 Å². The van der Waals surface area contributed by atoms with Crippen LogP contribution in [0.5, 0.6) is 11.5 Å². The third kappa shape index (κ3) is 3.11. The van der Waals surface area contributed by atoms with Crippen LogP contribution in [0.3, 0.4) is 0 Å². The zero-order valence-corrected chi connectivity index (χ0v) is 17.1. The van der Waals surface area contributed by atoms with E-state index in [9.17, 15) is 9.90 Å². The maximum atomic E-state index is 13.5. The third-order valence-electron chi connectivity index (χ3n) is 5.33. The first-order valence-electron chi connectivity index (χ1n) is 9.56. The maximum Gasteiger partial charge on any atom is 0.193 e. The first kappa shape index (κ1) is 18.4. The van der Waals surface area contributed by atoms with Crippen molar-refractivity contribution in [3.63, 3.8) is 0 Å². The normalized spacial score (nSPS) is 11.1. The Balaban J connectivity index is 1.74. The molecule has 0 aliphatic carbocycles. The molecular weight excluding hydrogens is 392 g/mol. The minimum absolute atomic E-state index is 0.0310. The van der Waals surface area contributed by atoms with Crippen molar-refractivity contribution in [2.45, 2.75) is 0 Å². The van der Waals surface area contributed by atoms with Crippen LogP contribution in [0.1, 0.15) is 15.9 Å². The molecule has 1 aromatic heterocycles. The Morgan fingerprint density at radius 3 is 2.33 bits per heavy atom. The molecule has 0 spiro atoms. The number of hydrogen-bond donors (Lipinski definition) is 1. The number of phenolic OH excluding ortho intramolecular Hbond substituents is 1. The number of rotatable bonds is 4. The number of benzene rings is 4. The number of ketones is 1. The summed E-state index contributed by atoms with van der Waals surface area (Å²) in [5, 5.41) is 15.0. The maximum absolute atomic E-state index is 13.5. The molecule has 0 aliphatic rings. The Bertz CT molecular complexity index is 1400. The molecule has 146 valence electrons. The molecule has 0 radical (unpaired) electrons. The molecule has 0 saturated carbocycles. The highest BCUT2D eigenvalue weighted by molar-refractivity contribution is 7.17. The lowest BCUT2D eigenvalue weighted by Gasteiger charge is -2.12. The molecule has 5 rings (SSSR count). The summed E-state index contributed by atoms with van der Waals surface area (Å²) >= 11 is 1.56. The number of hydrogen-bond acceptors (Lipinski definition) is 4. The van der Waals surface area contributed by atoms with Gasteiger partial charge in [0, 0.05) is 26.8 Å². The van der Waals surface area contributed by atoms with E-state index in [0.29, 0.717) is 16.9 Å². The number of phenols is 1. The van der Waals surface area contributed by atoms with Crippen molar-refractivity contribution < 1.29 is 14.6 Å². The molecule has 0 aliphatic heterocycles. The van der Waals surface area contributed by atoms with Crippen LogP contribution in [0.25, 0.3) is 32.0 Å². The minimum Gasteiger partial charge on any atom is -0.508 e. The lowest BCUT2D eigenvalue weighted by Crippen LogP contribution is -2.04. The van der Waals surface area contributed by atoms with Gasteiger partial charge < -0.3 is 9.84 Å². The summed E-state index contributed by atoms with van der Waals surface area (Å²) in [6.45, 7) is 0. The molecule has 4 aromatic carbocycles. The van der Waals surface area contributed by atoms with Crippen molar-refractivity contribution in [1.82, 2.24) is 0 Å². The number of carbonyl (C=O) groups is 1. The van der Waals surface area contributed by atoms with Gasteiger partial charge in [-0.2, -0.15) is 0 Å². The highest BCUT2D eigenvalue weighted by atomic mass is 32.1. The Morgan fingerprint density at radius 2 is 1.60 bits per heavy atom. The molecule has 0 unspecified atom stereocenters. The molecule has 30 heavy (non-hydrogen) atoms. The average Bonchev–Trinajstić information content (AvgIpc) is 3.20. The highest BCUT2D eigenvalue weighted by Gasteiger charge is 2.19. The molecule has 0 bridgehead atoms. The van der Waals surface area contributed by atoms with Crippen LogP contribution >= 0.6 is 11.3 Å². The van der Waals surface area contributed by atoms with Crippen LogP contribution in [-0.2, 0) is 0 Å². The fourth-order valence-electron chi connectivity index (χ4n) is 3.77. The predicted octanol–water partition coefficient (Wildman–Crippen LogP) is 6.67. The molecular formula is C26H18O3S. The predicted molar refractivity (Wildman–Crippen MR) is 123 cm³/mol. The quantitative estimate of drug-likeness (QED) is 0.337. The fourth-order valence-corrected chi connectivity index (χ4v) is 4.77. The van der Waals surface area contributed by atoms with E-state index >= 15 is 0 Å². The van der Waals surface area contributed by atoms with Gasteiger partial charge in [0.15, 0.2) is 5.78 Å². The smallest absolute Gasteiger partial charge is 0.193 e. The summed E-state index contributed by atoms with van der Waals surface area (Å²) in [5.74, 6) is 0.925. The summed E-state index contributed by atoms with van der Waals surface area (Å²) in [6, 6.07) is 24.7. The zero-order chi connectivity index (χ0) is 20.7. The fraction of sp³-hybridized carbons (Fsp3) is 0.0385. The molecule has 1 heterocycles. The second-order valence-corrected chi connectivity index (χ2v) is 8.04. The second-order valence-electron chi connectivity index (χ2n) is 7.13. The Morgan fingerprint density at radius 1 is 0.867 bits per heavy atom. The monoisotopic (exact) mass is 410 g/mol. The SMILES string of the molecule is COc1ccc(C(=O)c2cc3ccccc3cc2-c2csc3cc(O)ccc23)cc1. The standard InChI is InChI=1S/C26H18O3S/c1-29-20-9-6-16(7-10-20)26(28)23-13-18-5-3-2-4-17(18)12-22(23)24-15-30-25-14-19(27)8-11-21(24)25/h2-15,27H,1H3. The van der Waals surface area contributed by atoms with E-state index in [4.69, 9.17) is 4.74 Å². The third-order valence-corrected chi connectivity index (χ3v) is 6.28. The summed E-state index contributed by atoms with van der Waals surface area (Å²) in [4.78, 5) is 13.5. The van der Waals surface area contributed by atoms with Gasteiger partial charge in [-0.15, -0.1) is 11.3 Å². The molecule has 0 amide bonds. The van der Waals surface area contributed by atoms with Gasteiger partial charge in [-0.05, 0) is 76.3 Å². The molecule has 0 atom stereocenters. The molecule has 3 nitrogen and oxygen atoms in total. The van der Waals surface area contributed by atoms with Crippen molar-refractivity contribution >= 4 is 38.0 Å². The molecule has 0 fully saturated rings. The topological polar surface area (TPSA) is 46.5 Å². The van der Waals surface area contributed by atoms with Crippen LogP contribution in [-0.4, -0.2) is 18.0 Å². The number of thiophene rings is 1. The van der Waals surface area contributed by atoms with Crippen molar-refractivity contribution in [2.75, 3.05) is 7.11 Å². The van der Waals surface area contributed by atoms with Crippen LogP contribution in [0.15, 0.2) is 84.2 Å². The highest BCUT2D eigenvalue weighted by Crippen LogP contribution is 2.39. The Labute approximate surface area is 177 Å². The van der Waals surface area contributed by atoms with Crippen molar-refractivity contribution in [2.24, 2.45) is 0 Å². The number of ether oxygens (including phenoxy) is 1. The summed E-state index contributed by atoms with van der Waals surface area (Å²) < 4.78 is 6.21. The lowest BCUT2D eigenvalue weighted by molar-refractivity contribution is 0.103. The van der Waals surface area contributed by atoms with Gasteiger partial charge in [-0.3, -0.25) is 4.79 Å². The van der Waals surface area contributed by atoms with Crippen LogP contribution in [0, 0.1) is 0 Å². The number of fused-ring (bicyclic) bond motifs is 2. The summed E-state index contributed by atoms with van der Waals surface area (Å²) in [6.07, 6.45) is 0. The number of carbonyl (C=O) groups excluding carboxylic acids is 1. The van der Waals surface area contributed by atoms with Gasteiger partial charge in [0.1, 0.15) is 11.5 Å². The Hall–Kier alpha value is -3.63. The van der Waals surface area contributed by atoms with Crippen molar-refractivity contribution in [1.29, 1.82) is 0 Å². The van der Waals surface area contributed by atoms with E-state index in [1.807, 2.05) is 30.3 Å². The summed E-state index contributed by atoms with van der Waals surface area (Å²) in [5.41, 5.74) is 3.17. The number of aromatic hydroxyl groups is 1. The summed E-state index contributed by atoms with van der Waals surface area (Å²) in [7, 11) is 1.61. The zero-order valence-electron chi connectivity index (χ0n) is 16.3. The van der Waals surface area contributed by atoms with Crippen molar-refractivity contribution in [3.05, 3.63) is 95.4 Å². The van der Waals surface area contributed by atoms with Crippen molar-refractivity contribution in [3.8, 4) is 22.6 Å². The number of methoxy groups -OCH3 is 1. The largest absolute Gasteiger partial charge is 0.508 e. The first-order valence-corrected chi connectivity index (χ1v) is 10.4. The minimum atomic E-state index is -0.0310. The lowest BCUT2D eigenvalue weighted by atomic mass is 9.91. The van der Waals surface area contributed by atoms with Crippen LogP contribution < -0.4 is 4.74 Å².